The number of aryl methyl sites for hydroxylation is 1. The van der Waals surface area contributed by atoms with Gasteiger partial charge in [0.15, 0.2) is 0 Å². The van der Waals surface area contributed by atoms with Gasteiger partial charge in [-0.25, -0.2) is 4.79 Å². The highest BCUT2D eigenvalue weighted by atomic mass is 32.1. The van der Waals surface area contributed by atoms with E-state index < -0.39 is 0 Å². The number of esters is 1. The molecule has 0 unspecified atom stereocenters. The van der Waals surface area contributed by atoms with Gasteiger partial charge in [-0.05, 0) is 31.2 Å². The number of ether oxygens (including phenoxy) is 1. The summed E-state index contributed by atoms with van der Waals surface area (Å²) in [7, 11) is 1.41. The summed E-state index contributed by atoms with van der Waals surface area (Å²) in [4.78, 5) is 12.9. The van der Waals surface area contributed by atoms with Crippen molar-refractivity contribution >= 4 is 22.3 Å². The summed E-state index contributed by atoms with van der Waals surface area (Å²) in [5.41, 5.74) is 7.63. The quantitative estimate of drug-likeness (QED) is 0.589. The van der Waals surface area contributed by atoms with Gasteiger partial charge in [0.05, 0.1) is 12.7 Å². The van der Waals surface area contributed by atoms with Crippen LogP contribution in [0.15, 0.2) is 0 Å². The molecule has 0 aromatic carbocycles. The van der Waals surface area contributed by atoms with E-state index >= 15 is 0 Å². The van der Waals surface area contributed by atoms with Crippen LogP contribution in [0.3, 0.4) is 0 Å². The Hall–Kier alpha value is -1.03. The second-order valence-electron chi connectivity index (χ2n) is 3.80. The maximum Gasteiger partial charge on any atom is 0.341 e. The Labute approximate surface area is 93.2 Å². The lowest BCUT2D eigenvalue weighted by molar-refractivity contribution is 0.0601. The molecule has 2 rings (SSSR count). The number of anilines is 1. The number of nitrogen functional groups attached to an aromatic ring is 1. The Bertz CT molecular complexity index is 384. The van der Waals surface area contributed by atoms with Gasteiger partial charge >= 0.3 is 5.97 Å². The lowest BCUT2D eigenvalue weighted by atomic mass is 10.1. The largest absolute Gasteiger partial charge is 0.465 e. The molecule has 0 radical (unpaired) electrons. The number of thiophene rings is 1. The zero-order valence-electron chi connectivity index (χ0n) is 8.84. The maximum absolute atomic E-state index is 11.6. The van der Waals surface area contributed by atoms with Crippen LogP contribution in [-0.2, 0) is 17.6 Å². The number of rotatable bonds is 1. The van der Waals surface area contributed by atoms with Crippen LogP contribution >= 0.6 is 11.3 Å². The van der Waals surface area contributed by atoms with Crippen molar-refractivity contribution < 1.29 is 9.53 Å². The minimum absolute atomic E-state index is 0.285. The van der Waals surface area contributed by atoms with Crippen molar-refractivity contribution in [1.29, 1.82) is 0 Å². The van der Waals surface area contributed by atoms with E-state index in [1.165, 1.54) is 24.8 Å². The molecule has 0 spiro atoms. The van der Waals surface area contributed by atoms with E-state index in [1.54, 1.807) is 11.3 Å². The van der Waals surface area contributed by atoms with Crippen molar-refractivity contribution in [3.63, 3.8) is 0 Å². The van der Waals surface area contributed by atoms with Crippen molar-refractivity contribution in [2.45, 2.75) is 32.1 Å². The molecule has 1 aliphatic carbocycles. The molecule has 4 heteroatoms. The van der Waals surface area contributed by atoms with Gasteiger partial charge in [-0.1, -0.05) is 6.42 Å². The van der Waals surface area contributed by atoms with Gasteiger partial charge in [0.25, 0.3) is 0 Å². The van der Waals surface area contributed by atoms with E-state index in [4.69, 9.17) is 10.5 Å². The Morgan fingerprint density at radius 3 is 2.80 bits per heavy atom. The van der Waals surface area contributed by atoms with Crippen LogP contribution in [0.4, 0.5) is 5.00 Å². The molecule has 0 amide bonds. The van der Waals surface area contributed by atoms with Crippen molar-refractivity contribution in [3.8, 4) is 0 Å². The monoisotopic (exact) mass is 225 g/mol. The standard InChI is InChI=1S/C11H15NO2S/c1-14-11(13)9-7-5-3-2-4-6-8(7)15-10(9)12/h2-6,12H2,1H3. The third-order valence-corrected chi connectivity index (χ3v) is 3.96. The smallest absolute Gasteiger partial charge is 0.341 e. The van der Waals surface area contributed by atoms with Gasteiger partial charge in [-0.2, -0.15) is 0 Å². The number of fused-ring (bicyclic) bond motifs is 1. The second kappa shape index (κ2) is 4.23. The van der Waals surface area contributed by atoms with E-state index in [2.05, 4.69) is 0 Å². The zero-order valence-corrected chi connectivity index (χ0v) is 9.65. The summed E-state index contributed by atoms with van der Waals surface area (Å²) in [6, 6.07) is 0. The molecule has 1 aliphatic rings. The van der Waals surface area contributed by atoms with Crippen molar-refractivity contribution in [3.05, 3.63) is 16.0 Å². The van der Waals surface area contributed by atoms with Crippen LogP contribution in [0.25, 0.3) is 0 Å². The topological polar surface area (TPSA) is 52.3 Å². The highest BCUT2D eigenvalue weighted by molar-refractivity contribution is 7.16. The summed E-state index contributed by atoms with van der Waals surface area (Å²) >= 11 is 1.55. The van der Waals surface area contributed by atoms with Crippen LogP contribution in [0, 0.1) is 0 Å². The van der Waals surface area contributed by atoms with Crippen LogP contribution in [0.2, 0.25) is 0 Å². The molecule has 0 atom stereocenters. The summed E-state index contributed by atoms with van der Waals surface area (Å²) < 4.78 is 4.77. The van der Waals surface area contributed by atoms with Crippen LogP contribution in [-0.4, -0.2) is 13.1 Å². The first-order chi connectivity index (χ1) is 7.24. The SMILES string of the molecule is COC(=O)c1c(N)sc2c1CCCCC2. The third kappa shape index (κ3) is 1.86. The Morgan fingerprint density at radius 1 is 1.33 bits per heavy atom. The van der Waals surface area contributed by atoms with E-state index in [0.29, 0.717) is 10.6 Å². The molecule has 1 heterocycles. The minimum Gasteiger partial charge on any atom is -0.465 e. The highest BCUT2D eigenvalue weighted by Crippen LogP contribution is 2.35. The summed E-state index contributed by atoms with van der Waals surface area (Å²) in [5.74, 6) is -0.285. The molecule has 0 aliphatic heterocycles. The number of hydrogen-bond acceptors (Lipinski definition) is 4. The first-order valence-corrected chi connectivity index (χ1v) is 6.04. The fraction of sp³-hybridized carbons (Fsp3) is 0.545. The Morgan fingerprint density at radius 2 is 2.07 bits per heavy atom. The van der Waals surface area contributed by atoms with Crippen molar-refractivity contribution in [1.82, 2.24) is 0 Å². The van der Waals surface area contributed by atoms with Gasteiger partial charge < -0.3 is 10.5 Å². The summed E-state index contributed by atoms with van der Waals surface area (Å²) in [6.45, 7) is 0. The summed E-state index contributed by atoms with van der Waals surface area (Å²) in [6.07, 6.45) is 5.61. The van der Waals surface area contributed by atoms with Gasteiger partial charge in [0, 0.05) is 4.88 Å². The Kier molecular flexibility index (Phi) is 2.95. The normalized spacial score (nSPS) is 15.5. The van der Waals surface area contributed by atoms with Gasteiger partial charge in [-0.15, -0.1) is 11.3 Å². The Balaban J connectivity index is 2.44. The first kappa shape index (κ1) is 10.5. The molecule has 0 fully saturated rings. The molecule has 0 saturated carbocycles. The van der Waals surface area contributed by atoms with E-state index in [9.17, 15) is 4.79 Å². The second-order valence-corrected chi connectivity index (χ2v) is 4.93. The number of nitrogens with two attached hydrogens (primary N) is 1. The fourth-order valence-corrected chi connectivity index (χ4v) is 3.24. The predicted octanol–water partition coefficient (Wildman–Crippen LogP) is 2.39. The molecule has 82 valence electrons. The van der Waals surface area contributed by atoms with Crippen molar-refractivity contribution in [2.75, 3.05) is 12.8 Å². The molecular formula is C11H15NO2S. The predicted molar refractivity (Wildman–Crippen MR) is 61.3 cm³/mol. The number of carbonyl (C=O) groups excluding carboxylic acids is 1. The van der Waals surface area contributed by atoms with Crippen LogP contribution < -0.4 is 5.73 Å². The number of carbonyl (C=O) groups is 1. The van der Waals surface area contributed by atoms with Crippen molar-refractivity contribution in [2.24, 2.45) is 0 Å². The number of methoxy groups -OCH3 is 1. The molecular weight excluding hydrogens is 210 g/mol. The fourth-order valence-electron chi connectivity index (χ4n) is 2.09. The molecule has 3 nitrogen and oxygen atoms in total. The lowest BCUT2D eigenvalue weighted by Gasteiger charge is -2.02. The third-order valence-electron chi connectivity index (χ3n) is 2.84. The molecule has 1 aromatic heterocycles. The summed E-state index contributed by atoms with van der Waals surface area (Å²) in [5, 5.41) is 0.619. The van der Waals surface area contributed by atoms with Crippen LogP contribution in [0.1, 0.15) is 40.1 Å². The molecule has 15 heavy (non-hydrogen) atoms. The minimum atomic E-state index is -0.285. The van der Waals surface area contributed by atoms with E-state index in [-0.39, 0.29) is 5.97 Å². The van der Waals surface area contributed by atoms with Gasteiger partial charge in [-0.3, -0.25) is 0 Å². The zero-order chi connectivity index (χ0) is 10.8. The van der Waals surface area contributed by atoms with Crippen LogP contribution in [0.5, 0.6) is 0 Å². The van der Waals surface area contributed by atoms with Gasteiger partial charge in [0.2, 0.25) is 0 Å². The first-order valence-electron chi connectivity index (χ1n) is 5.22. The molecule has 1 aromatic rings. The number of hydrogen-bond donors (Lipinski definition) is 1. The lowest BCUT2D eigenvalue weighted by Crippen LogP contribution is -2.06. The molecule has 0 saturated heterocycles. The maximum atomic E-state index is 11.6. The van der Waals surface area contributed by atoms with Gasteiger partial charge in [0.1, 0.15) is 5.00 Å². The highest BCUT2D eigenvalue weighted by Gasteiger charge is 2.23. The average molecular weight is 225 g/mol. The average Bonchev–Trinajstić information content (AvgIpc) is 2.40. The molecule has 0 bridgehead atoms. The van der Waals surface area contributed by atoms with E-state index in [0.717, 1.165) is 24.8 Å². The van der Waals surface area contributed by atoms with E-state index in [1.807, 2.05) is 0 Å². The molecule has 2 N–H and O–H groups in total.